The number of halogens is 3. The zero-order chi connectivity index (χ0) is 12.2. The Labute approximate surface area is 90.4 Å². The van der Waals surface area contributed by atoms with Gasteiger partial charge in [0.1, 0.15) is 0 Å². The Balaban J connectivity index is 2.97. The topological polar surface area (TPSA) is 38.7 Å². The van der Waals surface area contributed by atoms with Gasteiger partial charge < -0.3 is 14.6 Å². The van der Waals surface area contributed by atoms with Crippen molar-refractivity contribution in [3.8, 4) is 11.5 Å². The summed E-state index contributed by atoms with van der Waals surface area (Å²) in [6.07, 6.45) is -4.50. The highest BCUT2D eigenvalue weighted by Crippen LogP contribution is 2.32. The summed E-state index contributed by atoms with van der Waals surface area (Å²) >= 11 is 0. The first-order chi connectivity index (χ1) is 7.46. The van der Waals surface area contributed by atoms with E-state index in [1.165, 1.54) is 19.2 Å². The van der Waals surface area contributed by atoms with Crippen molar-refractivity contribution in [1.29, 1.82) is 0 Å². The highest BCUT2D eigenvalue weighted by Gasteiger charge is 2.32. The second kappa shape index (κ2) is 5.07. The van der Waals surface area contributed by atoms with Crippen molar-refractivity contribution >= 4 is 0 Å². The van der Waals surface area contributed by atoms with Gasteiger partial charge in [0.05, 0.1) is 7.11 Å². The Bertz CT molecular complexity index is 350. The Hall–Kier alpha value is -1.43. The normalized spacial score (nSPS) is 11.3. The minimum atomic E-state index is -4.76. The van der Waals surface area contributed by atoms with Gasteiger partial charge in [-0.05, 0) is 24.1 Å². The molecule has 0 aliphatic rings. The summed E-state index contributed by atoms with van der Waals surface area (Å²) < 4.78 is 44.7. The molecular formula is C10H11F3O3. The summed E-state index contributed by atoms with van der Waals surface area (Å²) in [5.74, 6) is -0.403. The van der Waals surface area contributed by atoms with Crippen LogP contribution in [0.5, 0.6) is 11.5 Å². The molecule has 0 aliphatic carbocycles. The molecule has 0 fully saturated rings. The molecule has 0 saturated heterocycles. The van der Waals surface area contributed by atoms with E-state index in [2.05, 4.69) is 4.74 Å². The van der Waals surface area contributed by atoms with Crippen LogP contribution in [0.3, 0.4) is 0 Å². The first kappa shape index (κ1) is 12.6. The summed E-state index contributed by atoms with van der Waals surface area (Å²) in [5.41, 5.74) is 0.544. The second-order valence-corrected chi connectivity index (χ2v) is 3.01. The van der Waals surface area contributed by atoms with Gasteiger partial charge in [-0.15, -0.1) is 13.2 Å². The largest absolute Gasteiger partial charge is 0.573 e. The maximum absolute atomic E-state index is 12.0. The molecule has 3 nitrogen and oxygen atoms in total. The van der Waals surface area contributed by atoms with Crippen LogP contribution in [0.2, 0.25) is 0 Å². The molecule has 0 atom stereocenters. The van der Waals surface area contributed by atoms with Crippen LogP contribution in [0.1, 0.15) is 5.56 Å². The second-order valence-electron chi connectivity index (χ2n) is 3.01. The summed E-state index contributed by atoms with van der Waals surface area (Å²) in [4.78, 5) is 0. The Morgan fingerprint density at radius 1 is 1.25 bits per heavy atom. The smallest absolute Gasteiger partial charge is 0.493 e. The quantitative estimate of drug-likeness (QED) is 0.870. The molecule has 16 heavy (non-hydrogen) atoms. The summed E-state index contributed by atoms with van der Waals surface area (Å²) in [6, 6.07) is 4.13. The van der Waals surface area contributed by atoms with Gasteiger partial charge in [0.25, 0.3) is 0 Å². The molecule has 0 spiro atoms. The number of alkyl halides is 3. The van der Waals surface area contributed by atoms with E-state index in [-0.39, 0.29) is 18.8 Å². The molecule has 6 heteroatoms. The van der Waals surface area contributed by atoms with Crippen LogP contribution in [0.15, 0.2) is 18.2 Å². The monoisotopic (exact) mass is 236 g/mol. The Morgan fingerprint density at radius 2 is 1.94 bits per heavy atom. The van der Waals surface area contributed by atoms with Crippen LogP contribution in [-0.4, -0.2) is 25.2 Å². The lowest BCUT2D eigenvalue weighted by atomic mass is 10.1. The van der Waals surface area contributed by atoms with Crippen LogP contribution in [0.4, 0.5) is 13.2 Å². The fourth-order valence-corrected chi connectivity index (χ4v) is 1.21. The van der Waals surface area contributed by atoms with Crippen molar-refractivity contribution in [3.05, 3.63) is 23.8 Å². The van der Waals surface area contributed by atoms with Crippen molar-refractivity contribution in [1.82, 2.24) is 0 Å². The number of hydrogen-bond acceptors (Lipinski definition) is 3. The molecular weight excluding hydrogens is 225 g/mol. The van der Waals surface area contributed by atoms with E-state index in [9.17, 15) is 13.2 Å². The fraction of sp³-hybridized carbons (Fsp3) is 0.400. The summed E-state index contributed by atoms with van der Waals surface area (Å²) in [7, 11) is 1.25. The number of aliphatic hydroxyl groups excluding tert-OH is 1. The predicted molar refractivity (Wildman–Crippen MR) is 50.5 cm³/mol. The minimum absolute atomic E-state index is 0.000912. The molecule has 0 aliphatic heterocycles. The molecule has 0 aromatic heterocycles. The van der Waals surface area contributed by atoms with Crippen LogP contribution < -0.4 is 9.47 Å². The zero-order valence-corrected chi connectivity index (χ0v) is 8.54. The van der Waals surface area contributed by atoms with Gasteiger partial charge in [0.2, 0.25) is 0 Å². The average molecular weight is 236 g/mol. The van der Waals surface area contributed by atoms with Gasteiger partial charge >= 0.3 is 6.36 Å². The number of rotatable bonds is 4. The third kappa shape index (κ3) is 3.62. The van der Waals surface area contributed by atoms with Crippen LogP contribution in [0.25, 0.3) is 0 Å². The lowest BCUT2D eigenvalue weighted by molar-refractivity contribution is -0.275. The lowest BCUT2D eigenvalue weighted by Gasteiger charge is -2.13. The Kier molecular flexibility index (Phi) is 4.00. The Morgan fingerprint density at radius 3 is 2.44 bits per heavy atom. The van der Waals surface area contributed by atoms with Crippen molar-refractivity contribution in [2.75, 3.05) is 13.7 Å². The first-order valence-electron chi connectivity index (χ1n) is 4.50. The van der Waals surface area contributed by atoms with Crippen molar-refractivity contribution < 1.29 is 27.8 Å². The van der Waals surface area contributed by atoms with E-state index in [1.807, 2.05) is 0 Å². The predicted octanol–water partition coefficient (Wildman–Crippen LogP) is 2.13. The highest BCUT2D eigenvalue weighted by molar-refractivity contribution is 5.43. The minimum Gasteiger partial charge on any atom is -0.493 e. The van der Waals surface area contributed by atoms with Crippen LogP contribution in [-0.2, 0) is 6.42 Å². The molecule has 1 N–H and O–H groups in total. The molecule has 1 rings (SSSR count). The van der Waals surface area contributed by atoms with Crippen LogP contribution >= 0.6 is 0 Å². The van der Waals surface area contributed by atoms with Gasteiger partial charge in [0.15, 0.2) is 11.5 Å². The zero-order valence-electron chi connectivity index (χ0n) is 8.54. The van der Waals surface area contributed by atoms with Crippen LogP contribution in [0, 0.1) is 0 Å². The summed E-state index contributed by atoms with van der Waals surface area (Å²) in [5, 5.41) is 8.68. The van der Waals surface area contributed by atoms with Gasteiger partial charge in [-0.3, -0.25) is 0 Å². The number of benzene rings is 1. The lowest BCUT2D eigenvalue weighted by Crippen LogP contribution is -2.17. The third-order valence-corrected chi connectivity index (χ3v) is 1.85. The van der Waals surface area contributed by atoms with E-state index >= 15 is 0 Å². The molecule has 1 aromatic rings. The fourth-order valence-electron chi connectivity index (χ4n) is 1.21. The molecule has 0 radical (unpaired) electrons. The van der Waals surface area contributed by atoms with Gasteiger partial charge in [-0.2, -0.15) is 0 Å². The molecule has 0 heterocycles. The van der Waals surface area contributed by atoms with Gasteiger partial charge in [0, 0.05) is 6.61 Å². The average Bonchev–Trinajstić information content (AvgIpc) is 2.16. The van der Waals surface area contributed by atoms with Gasteiger partial charge in [-0.25, -0.2) is 0 Å². The SMILES string of the molecule is COc1ccc(CCO)cc1OC(F)(F)F. The standard InChI is InChI=1S/C10H11F3O3/c1-15-8-3-2-7(4-5-14)6-9(8)16-10(11,12)13/h2-3,6,14H,4-5H2,1H3. The van der Waals surface area contributed by atoms with E-state index in [0.29, 0.717) is 5.56 Å². The van der Waals surface area contributed by atoms with E-state index in [4.69, 9.17) is 9.84 Å². The molecule has 0 amide bonds. The highest BCUT2D eigenvalue weighted by atomic mass is 19.4. The number of methoxy groups -OCH3 is 1. The van der Waals surface area contributed by atoms with Gasteiger partial charge in [-0.1, -0.05) is 6.07 Å². The number of ether oxygens (including phenoxy) is 2. The molecule has 90 valence electrons. The molecule has 0 bridgehead atoms. The van der Waals surface area contributed by atoms with Crippen molar-refractivity contribution in [2.24, 2.45) is 0 Å². The maximum Gasteiger partial charge on any atom is 0.573 e. The molecule has 0 unspecified atom stereocenters. The third-order valence-electron chi connectivity index (χ3n) is 1.85. The van der Waals surface area contributed by atoms with E-state index in [0.717, 1.165) is 0 Å². The maximum atomic E-state index is 12.0. The van der Waals surface area contributed by atoms with E-state index in [1.54, 1.807) is 6.07 Å². The van der Waals surface area contributed by atoms with Crippen molar-refractivity contribution in [3.63, 3.8) is 0 Å². The van der Waals surface area contributed by atoms with Crippen molar-refractivity contribution in [2.45, 2.75) is 12.8 Å². The number of aliphatic hydroxyl groups is 1. The van der Waals surface area contributed by atoms with E-state index < -0.39 is 12.1 Å². The number of hydrogen-bond donors (Lipinski definition) is 1. The molecule has 1 aromatic carbocycles. The molecule has 0 saturated carbocycles. The first-order valence-corrected chi connectivity index (χ1v) is 4.50. The summed E-state index contributed by atoms with van der Waals surface area (Å²) in [6.45, 7) is -0.141.